The van der Waals surface area contributed by atoms with Gasteiger partial charge in [0.1, 0.15) is 0 Å². The minimum absolute atomic E-state index is 0.0621. The Hall–Kier alpha value is -2.79. The van der Waals surface area contributed by atoms with Crippen molar-refractivity contribution in [2.24, 2.45) is 0 Å². The first-order valence-corrected chi connectivity index (χ1v) is 11.5. The number of amides is 2. The molecule has 5 nitrogen and oxygen atoms in total. The number of piperidine rings is 1. The van der Waals surface area contributed by atoms with Crippen LogP contribution in [0.1, 0.15) is 54.9 Å². The zero-order valence-electron chi connectivity index (χ0n) is 17.4. The van der Waals surface area contributed by atoms with Gasteiger partial charge in [0.2, 0.25) is 5.91 Å². The first-order chi connectivity index (χ1) is 15.1. The number of carbonyl (C=O) groups is 2. The van der Waals surface area contributed by atoms with Crippen LogP contribution in [-0.2, 0) is 4.79 Å². The van der Waals surface area contributed by atoms with E-state index in [1.807, 2.05) is 41.3 Å². The van der Waals surface area contributed by atoms with E-state index >= 15 is 0 Å². The van der Waals surface area contributed by atoms with Crippen molar-refractivity contribution < 1.29 is 9.59 Å². The van der Waals surface area contributed by atoms with E-state index in [4.69, 9.17) is 11.6 Å². The molecule has 3 aromatic rings. The van der Waals surface area contributed by atoms with Crippen LogP contribution in [0.5, 0.6) is 0 Å². The topological polar surface area (TPSA) is 54.3 Å². The van der Waals surface area contributed by atoms with E-state index < -0.39 is 0 Å². The molecule has 31 heavy (non-hydrogen) atoms. The highest BCUT2D eigenvalue weighted by molar-refractivity contribution is 6.31. The average Bonchev–Trinajstić information content (AvgIpc) is 3.40. The fourth-order valence-electron chi connectivity index (χ4n) is 4.99. The summed E-state index contributed by atoms with van der Waals surface area (Å²) < 4.78 is 2.27. The van der Waals surface area contributed by atoms with Crippen molar-refractivity contribution in [2.75, 3.05) is 11.4 Å². The van der Waals surface area contributed by atoms with Crippen molar-refractivity contribution >= 4 is 40.0 Å². The van der Waals surface area contributed by atoms with Crippen molar-refractivity contribution in [1.82, 2.24) is 9.88 Å². The Morgan fingerprint density at radius 1 is 1.00 bits per heavy atom. The maximum absolute atomic E-state index is 13.0. The predicted octanol–water partition coefficient (Wildman–Crippen LogP) is 5.34. The number of halogens is 1. The van der Waals surface area contributed by atoms with E-state index in [1.165, 1.54) is 0 Å². The molecule has 1 saturated heterocycles. The molecule has 1 N–H and O–H groups in total. The van der Waals surface area contributed by atoms with Crippen LogP contribution in [0.25, 0.3) is 10.9 Å². The van der Waals surface area contributed by atoms with Crippen molar-refractivity contribution in [3.8, 4) is 0 Å². The van der Waals surface area contributed by atoms with Crippen LogP contribution in [0.15, 0.2) is 54.7 Å². The van der Waals surface area contributed by atoms with Gasteiger partial charge >= 0.3 is 0 Å². The average molecular weight is 436 g/mol. The fraction of sp³-hybridized carbons (Fsp3) is 0.360. The molecule has 0 spiro atoms. The lowest BCUT2D eigenvalue weighted by atomic mass is 10.1. The highest BCUT2D eigenvalue weighted by atomic mass is 35.5. The van der Waals surface area contributed by atoms with Gasteiger partial charge in [-0.05, 0) is 80.6 Å². The molecular formula is C25H26ClN3O2. The van der Waals surface area contributed by atoms with Crippen LogP contribution in [0.3, 0.4) is 0 Å². The van der Waals surface area contributed by atoms with Crippen LogP contribution < -0.4 is 10.2 Å². The molecular weight excluding hydrogens is 410 g/mol. The molecule has 2 unspecified atom stereocenters. The van der Waals surface area contributed by atoms with Gasteiger partial charge < -0.3 is 14.8 Å². The third kappa shape index (κ3) is 3.94. The third-order valence-electron chi connectivity index (χ3n) is 6.60. The molecule has 5 rings (SSSR count). The minimum atomic E-state index is -0.0621. The highest BCUT2D eigenvalue weighted by Crippen LogP contribution is 2.34. The first-order valence-electron chi connectivity index (χ1n) is 11.1. The Labute approximate surface area is 187 Å². The van der Waals surface area contributed by atoms with E-state index in [2.05, 4.69) is 28.2 Å². The molecule has 0 bridgehead atoms. The minimum Gasteiger partial charge on any atom is -0.347 e. The number of hydrogen-bond donors (Lipinski definition) is 1. The van der Waals surface area contributed by atoms with Gasteiger partial charge in [-0.2, -0.15) is 0 Å². The standard InChI is InChI=1S/C25H26ClN3O2/c26-19-9-12-22-18(16-19)13-15-29(22)23-5-3-4-21(23)27-25(31)17-7-10-20(11-8-17)28-14-2-1-6-24(28)30/h7-13,15-16,21,23H,1-6,14H2,(H,27,31). The second-order valence-electron chi connectivity index (χ2n) is 8.55. The number of benzene rings is 2. The molecule has 2 amide bonds. The third-order valence-corrected chi connectivity index (χ3v) is 6.84. The Balaban J connectivity index is 1.30. The number of nitrogens with zero attached hydrogens (tertiary/aromatic N) is 2. The Kier molecular flexibility index (Phi) is 5.45. The van der Waals surface area contributed by atoms with Gasteiger partial charge in [-0.3, -0.25) is 9.59 Å². The molecule has 2 heterocycles. The molecule has 1 aromatic heterocycles. The number of anilines is 1. The summed E-state index contributed by atoms with van der Waals surface area (Å²) in [5, 5.41) is 5.10. The normalized spacial score (nSPS) is 21.6. The lowest BCUT2D eigenvalue weighted by Gasteiger charge is -2.27. The van der Waals surface area contributed by atoms with Gasteiger partial charge in [-0.25, -0.2) is 0 Å². The molecule has 0 radical (unpaired) electrons. The van der Waals surface area contributed by atoms with E-state index in [-0.39, 0.29) is 23.9 Å². The maximum Gasteiger partial charge on any atom is 0.251 e. The molecule has 2 atom stereocenters. The van der Waals surface area contributed by atoms with E-state index in [1.54, 1.807) is 0 Å². The summed E-state index contributed by atoms with van der Waals surface area (Å²) >= 11 is 6.13. The summed E-state index contributed by atoms with van der Waals surface area (Å²) in [5.74, 6) is 0.102. The summed E-state index contributed by atoms with van der Waals surface area (Å²) in [5.41, 5.74) is 2.64. The number of nitrogens with one attached hydrogen (secondary N) is 1. The van der Waals surface area contributed by atoms with Crippen molar-refractivity contribution in [1.29, 1.82) is 0 Å². The summed E-state index contributed by atoms with van der Waals surface area (Å²) in [4.78, 5) is 26.9. The smallest absolute Gasteiger partial charge is 0.251 e. The van der Waals surface area contributed by atoms with E-state index in [0.717, 1.165) is 60.3 Å². The molecule has 1 saturated carbocycles. The maximum atomic E-state index is 13.0. The van der Waals surface area contributed by atoms with Crippen molar-refractivity contribution in [3.05, 3.63) is 65.3 Å². The van der Waals surface area contributed by atoms with Gasteiger partial charge in [-0.1, -0.05) is 11.6 Å². The number of carbonyl (C=O) groups excluding carboxylic acids is 2. The van der Waals surface area contributed by atoms with Crippen LogP contribution in [0, 0.1) is 0 Å². The lowest BCUT2D eigenvalue weighted by molar-refractivity contribution is -0.119. The molecule has 6 heteroatoms. The number of rotatable bonds is 4. The van der Waals surface area contributed by atoms with Gasteiger partial charge in [0.05, 0.1) is 6.04 Å². The number of aromatic nitrogens is 1. The Morgan fingerprint density at radius 2 is 1.84 bits per heavy atom. The highest BCUT2D eigenvalue weighted by Gasteiger charge is 2.31. The molecule has 2 aromatic carbocycles. The summed E-state index contributed by atoms with van der Waals surface area (Å²) in [6.07, 6.45) is 7.77. The zero-order valence-corrected chi connectivity index (χ0v) is 18.1. The summed E-state index contributed by atoms with van der Waals surface area (Å²) in [7, 11) is 0. The van der Waals surface area contributed by atoms with Crippen molar-refractivity contribution in [3.63, 3.8) is 0 Å². The van der Waals surface area contributed by atoms with E-state index in [0.29, 0.717) is 12.0 Å². The quantitative estimate of drug-likeness (QED) is 0.601. The largest absolute Gasteiger partial charge is 0.347 e. The zero-order chi connectivity index (χ0) is 21.4. The molecule has 1 aliphatic carbocycles. The van der Waals surface area contributed by atoms with Gasteiger partial charge in [0, 0.05) is 52.4 Å². The summed E-state index contributed by atoms with van der Waals surface area (Å²) in [6.45, 7) is 0.754. The number of hydrogen-bond acceptors (Lipinski definition) is 2. The van der Waals surface area contributed by atoms with Crippen LogP contribution in [0.2, 0.25) is 5.02 Å². The summed E-state index contributed by atoms with van der Waals surface area (Å²) in [6, 6.07) is 15.8. The molecule has 1 aliphatic heterocycles. The number of fused-ring (bicyclic) bond motifs is 1. The second-order valence-corrected chi connectivity index (χ2v) is 8.99. The predicted molar refractivity (Wildman–Crippen MR) is 124 cm³/mol. The van der Waals surface area contributed by atoms with Crippen LogP contribution in [0.4, 0.5) is 5.69 Å². The SMILES string of the molecule is O=C(NC1CCCC1n1ccc2cc(Cl)ccc21)c1ccc(N2CCCCC2=O)cc1. The van der Waals surface area contributed by atoms with E-state index in [9.17, 15) is 9.59 Å². The monoisotopic (exact) mass is 435 g/mol. The molecule has 160 valence electrons. The van der Waals surface area contributed by atoms with Crippen LogP contribution >= 0.6 is 11.6 Å². The molecule has 2 fully saturated rings. The lowest BCUT2D eigenvalue weighted by Crippen LogP contribution is -2.38. The Morgan fingerprint density at radius 3 is 2.65 bits per heavy atom. The Bertz CT molecular complexity index is 1120. The van der Waals surface area contributed by atoms with Gasteiger partial charge in [0.15, 0.2) is 0 Å². The van der Waals surface area contributed by atoms with Gasteiger partial charge in [-0.15, -0.1) is 0 Å². The fourth-order valence-corrected chi connectivity index (χ4v) is 5.17. The second kappa shape index (κ2) is 8.39. The van der Waals surface area contributed by atoms with Crippen LogP contribution in [-0.4, -0.2) is 29.0 Å². The molecule has 2 aliphatic rings. The first kappa shape index (κ1) is 20.1. The van der Waals surface area contributed by atoms with Gasteiger partial charge in [0.25, 0.3) is 5.91 Å². The van der Waals surface area contributed by atoms with Crippen molar-refractivity contribution in [2.45, 2.75) is 50.6 Å².